The molecule has 0 radical (unpaired) electrons. The summed E-state index contributed by atoms with van der Waals surface area (Å²) < 4.78 is 11.4. The Morgan fingerprint density at radius 2 is 2.04 bits per heavy atom. The lowest BCUT2D eigenvalue weighted by Gasteiger charge is -2.14. The fourth-order valence-corrected chi connectivity index (χ4v) is 3.46. The highest BCUT2D eigenvalue weighted by molar-refractivity contribution is 7.13. The zero-order valence-electron chi connectivity index (χ0n) is 13.9. The molecule has 0 aliphatic carbocycles. The van der Waals surface area contributed by atoms with Gasteiger partial charge in [-0.05, 0) is 18.2 Å². The van der Waals surface area contributed by atoms with Gasteiger partial charge in [0.2, 0.25) is 0 Å². The van der Waals surface area contributed by atoms with Gasteiger partial charge in [0.1, 0.15) is 11.6 Å². The molecule has 0 amide bonds. The highest BCUT2D eigenvalue weighted by atomic mass is 35.5. The van der Waals surface area contributed by atoms with E-state index in [0.717, 1.165) is 11.1 Å². The number of benzene rings is 2. The molecule has 0 saturated carbocycles. The van der Waals surface area contributed by atoms with Crippen molar-refractivity contribution in [3.8, 4) is 22.1 Å². The summed E-state index contributed by atoms with van der Waals surface area (Å²) in [6.45, 7) is 0.278. The van der Waals surface area contributed by atoms with Crippen LogP contribution in [0.5, 0.6) is 11.5 Å². The summed E-state index contributed by atoms with van der Waals surface area (Å²) in [5.41, 5.74) is 2.12. The monoisotopic (exact) mass is 389 g/mol. The lowest BCUT2D eigenvalue weighted by molar-refractivity contribution is -0.136. The summed E-state index contributed by atoms with van der Waals surface area (Å²) in [5, 5.41) is 12.0. The third kappa shape index (κ3) is 4.15. The summed E-state index contributed by atoms with van der Waals surface area (Å²) in [6.07, 6.45) is -0.115. The topological polar surface area (TPSA) is 68.7 Å². The van der Waals surface area contributed by atoms with Gasteiger partial charge in [-0.3, -0.25) is 4.79 Å². The lowest BCUT2D eigenvalue weighted by atomic mass is 10.2. The Balaban J connectivity index is 1.92. The van der Waals surface area contributed by atoms with Gasteiger partial charge in [-0.2, -0.15) is 0 Å². The molecule has 1 aromatic heterocycles. The van der Waals surface area contributed by atoms with Crippen molar-refractivity contribution in [1.82, 2.24) is 4.98 Å². The SMILES string of the molecule is COc1cccc(-c2nc(CC(=O)O)cs2)c1OCc1ccccc1Cl. The second kappa shape index (κ2) is 8.21. The number of ether oxygens (including phenoxy) is 2. The van der Waals surface area contributed by atoms with E-state index in [-0.39, 0.29) is 13.0 Å². The first kappa shape index (κ1) is 18.2. The zero-order chi connectivity index (χ0) is 18.5. The molecular formula is C19H16ClNO4S. The normalized spacial score (nSPS) is 10.5. The Bertz CT molecular complexity index is 925. The Morgan fingerprint density at radius 1 is 1.23 bits per heavy atom. The molecule has 1 heterocycles. The number of carboxylic acids is 1. The van der Waals surface area contributed by atoms with E-state index in [0.29, 0.717) is 27.2 Å². The Kier molecular flexibility index (Phi) is 5.75. The zero-order valence-corrected chi connectivity index (χ0v) is 15.5. The molecule has 5 nitrogen and oxygen atoms in total. The van der Waals surface area contributed by atoms with E-state index in [4.69, 9.17) is 26.2 Å². The average molecular weight is 390 g/mol. The maximum atomic E-state index is 10.9. The predicted molar refractivity (Wildman–Crippen MR) is 101 cm³/mol. The number of carbonyl (C=O) groups is 1. The van der Waals surface area contributed by atoms with Crippen molar-refractivity contribution in [3.05, 3.63) is 64.1 Å². The highest BCUT2D eigenvalue weighted by Crippen LogP contribution is 2.40. The van der Waals surface area contributed by atoms with Gasteiger partial charge in [-0.15, -0.1) is 11.3 Å². The lowest BCUT2D eigenvalue weighted by Crippen LogP contribution is -2.01. The maximum absolute atomic E-state index is 10.9. The van der Waals surface area contributed by atoms with Crippen LogP contribution in [-0.4, -0.2) is 23.2 Å². The number of aliphatic carboxylic acids is 1. The van der Waals surface area contributed by atoms with Crippen LogP contribution in [0.25, 0.3) is 10.6 Å². The first-order chi connectivity index (χ1) is 12.6. The minimum Gasteiger partial charge on any atom is -0.493 e. The molecule has 0 fully saturated rings. The second-order valence-corrected chi connectivity index (χ2v) is 6.70. The van der Waals surface area contributed by atoms with Crippen LogP contribution in [0.1, 0.15) is 11.3 Å². The number of hydrogen-bond acceptors (Lipinski definition) is 5. The number of hydrogen-bond donors (Lipinski definition) is 1. The number of methoxy groups -OCH3 is 1. The number of aromatic nitrogens is 1. The van der Waals surface area contributed by atoms with E-state index < -0.39 is 5.97 Å². The van der Waals surface area contributed by atoms with E-state index in [1.165, 1.54) is 11.3 Å². The molecule has 1 N–H and O–H groups in total. The number of carboxylic acid groups (broad SMARTS) is 1. The van der Waals surface area contributed by atoms with Gasteiger partial charge in [0.25, 0.3) is 0 Å². The molecule has 0 aliphatic rings. The molecule has 134 valence electrons. The predicted octanol–water partition coefficient (Wildman–Crippen LogP) is 4.68. The van der Waals surface area contributed by atoms with Crippen molar-refractivity contribution in [3.63, 3.8) is 0 Å². The molecule has 0 bridgehead atoms. The molecular weight excluding hydrogens is 374 g/mol. The van der Waals surface area contributed by atoms with Crippen LogP contribution < -0.4 is 9.47 Å². The van der Waals surface area contributed by atoms with Crippen LogP contribution in [0, 0.1) is 0 Å². The largest absolute Gasteiger partial charge is 0.493 e. The minimum absolute atomic E-state index is 0.115. The minimum atomic E-state index is -0.914. The summed E-state index contributed by atoms with van der Waals surface area (Å²) >= 11 is 7.56. The fraction of sp³-hybridized carbons (Fsp3) is 0.158. The third-order valence-electron chi connectivity index (χ3n) is 3.64. The van der Waals surface area contributed by atoms with E-state index in [1.54, 1.807) is 18.6 Å². The molecule has 0 aliphatic heterocycles. The Hall–Kier alpha value is -2.57. The van der Waals surface area contributed by atoms with Gasteiger partial charge in [-0.25, -0.2) is 4.98 Å². The van der Waals surface area contributed by atoms with Crippen LogP contribution in [0.4, 0.5) is 0 Å². The fourth-order valence-electron chi connectivity index (χ4n) is 2.43. The number of halogens is 1. The average Bonchev–Trinajstić information content (AvgIpc) is 3.08. The van der Waals surface area contributed by atoms with Crippen LogP contribution in [0.15, 0.2) is 47.8 Å². The molecule has 0 spiro atoms. The molecule has 3 rings (SSSR count). The quantitative estimate of drug-likeness (QED) is 0.635. The molecule has 0 atom stereocenters. The second-order valence-electron chi connectivity index (χ2n) is 5.43. The van der Waals surface area contributed by atoms with Crippen molar-refractivity contribution in [1.29, 1.82) is 0 Å². The smallest absolute Gasteiger partial charge is 0.309 e. The van der Waals surface area contributed by atoms with E-state index >= 15 is 0 Å². The van der Waals surface area contributed by atoms with Crippen LogP contribution in [0.2, 0.25) is 5.02 Å². The van der Waals surface area contributed by atoms with Crippen molar-refractivity contribution in [2.45, 2.75) is 13.0 Å². The molecule has 0 unspecified atom stereocenters. The van der Waals surface area contributed by atoms with Crippen LogP contribution >= 0.6 is 22.9 Å². The van der Waals surface area contributed by atoms with Gasteiger partial charge < -0.3 is 14.6 Å². The van der Waals surface area contributed by atoms with E-state index in [2.05, 4.69) is 4.98 Å². The van der Waals surface area contributed by atoms with E-state index in [1.807, 2.05) is 36.4 Å². The van der Waals surface area contributed by atoms with Crippen LogP contribution in [-0.2, 0) is 17.8 Å². The maximum Gasteiger partial charge on any atom is 0.309 e. The molecule has 2 aromatic carbocycles. The summed E-state index contributed by atoms with van der Waals surface area (Å²) in [7, 11) is 1.57. The number of para-hydroxylation sites is 1. The number of rotatable bonds is 7. The highest BCUT2D eigenvalue weighted by Gasteiger charge is 2.17. The number of thiazole rings is 1. The van der Waals surface area contributed by atoms with Crippen LogP contribution in [0.3, 0.4) is 0 Å². The van der Waals surface area contributed by atoms with Gasteiger partial charge in [0, 0.05) is 16.0 Å². The van der Waals surface area contributed by atoms with Crippen molar-refractivity contribution in [2.24, 2.45) is 0 Å². The van der Waals surface area contributed by atoms with Crippen molar-refractivity contribution < 1.29 is 19.4 Å². The Morgan fingerprint density at radius 3 is 2.77 bits per heavy atom. The number of nitrogens with zero attached hydrogens (tertiary/aromatic N) is 1. The van der Waals surface area contributed by atoms with Crippen molar-refractivity contribution in [2.75, 3.05) is 7.11 Å². The summed E-state index contributed by atoms with van der Waals surface area (Å²) in [6, 6.07) is 13.0. The summed E-state index contributed by atoms with van der Waals surface area (Å²) in [4.78, 5) is 15.3. The molecule has 7 heteroatoms. The van der Waals surface area contributed by atoms with Gasteiger partial charge >= 0.3 is 5.97 Å². The third-order valence-corrected chi connectivity index (χ3v) is 4.94. The van der Waals surface area contributed by atoms with Gasteiger partial charge in [0.05, 0.1) is 24.8 Å². The molecule has 0 saturated heterocycles. The Labute approximate surface area is 159 Å². The standard InChI is InChI=1S/C19H16ClNO4S/c1-24-16-8-4-6-14(19-21-13(11-26-19)9-17(22)23)18(16)25-10-12-5-2-3-7-15(12)20/h2-8,11H,9-10H2,1H3,(H,22,23). The molecule has 26 heavy (non-hydrogen) atoms. The van der Waals surface area contributed by atoms with Gasteiger partial charge in [-0.1, -0.05) is 35.9 Å². The first-order valence-electron chi connectivity index (χ1n) is 7.78. The van der Waals surface area contributed by atoms with Gasteiger partial charge in [0.15, 0.2) is 11.5 Å². The first-order valence-corrected chi connectivity index (χ1v) is 9.04. The molecule has 3 aromatic rings. The van der Waals surface area contributed by atoms with E-state index in [9.17, 15) is 4.79 Å². The van der Waals surface area contributed by atoms with Crippen molar-refractivity contribution >= 4 is 28.9 Å². The summed E-state index contributed by atoms with van der Waals surface area (Å²) in [5.74, 6) is 0.207.